The van der Waals surface area contributed by atoms with E-state index in [4.69, 9.17) is 4.74 Å². The van der Waals surface area contributed by atoms with Crippen molar-refractivity contribution < 1.29 is 14.3 Å². The summed E-state index contributed by atoms with van der Waals surface area (Å²) in [6, 6.07) is 7.82. The number of hydrogen-bond donors (Lipinski definition) is 0. The predicted octanol–water partition coefficient (Wildman–Crippen LogP) is 2.10. The van der Waals surface area contributed by atoms with Gasteiger partial charge in [-0.25, -0.2) is 0 Å². The standard InChI is InChI=1S/C19H26N2O3/c1-24-17-8-3-2-5-15(17)9-10-18(22)20-11-13-21(14-12-20)19(23)16-6-4-7-16/h2-3,5,8,16H,4,6-7,9-14H2,1H3. The van der Waals surface area contributed by atoms with Crippen LogP contribution in [0.15, 0.2) is 24.3 Å². The van der Waals surface area contributed by atoms with Gasteiger partial charge in [-0.05, 0) is 30.9 Å². The fourth-order valence-electron chi connectivity index (χ4n) is 3.40. The highest BCUT2D eigenvalue weighted by atomic mass is 16.5. The van der Waals surface area contributed by atoms with Crippen molar-refractivity contribution in [3.63, 3.8) is 0 Å². The quantitative estimate of drug-likeness (QED) is 0.831. The first kappa shape index (κ1) is 16.8. The third-order valence-electron chi connectivity index (χ3n) is 5.20. The van der Waals surface area contributed by atoms with Gasteiger partial charge in [0.2, 0.25) is 11.8 Å². The molecule has 2 fully saturated rings. The van der Waals surface area contributed by atoms with Gasteiger partial charge in [0.15, 0.2) is 0 Å². The number of aryl methyl sites for hydroxylation is 1. The predicted molar refractivity (Wildman–Crippen MR) is 91.8 cm³/mol. The first-order valence-corrected chi connectivity index (χ1v) is 8.87. The van der Waals surface area contributed by atoms with Crippen molar-refractivity contribution in [2.24, 2.45) is 5.92 Å². The number of hydrogen-bond acceptors (Lipinski definition) is 3. The van der Waals surface area contributed by atoms with Gasteiger partial charge in [0.1, 0.15) is 5.75 Å². The van der Waals surface area contributed by atoms with Crippen LogP contribution in [-0.4, -0.2) is 54.9 Å². The van der Waals surface area contributed by atoms with Gasteiger partial charge >= 0.3 is 0 Å². The lowest BCUT2D eigenvalue weighted by atomic mass is 9.84. The maximum atomic E-state index is 12.4. The highest BCUT2D eigenvalue weighted by Crippen LogP contribution is 2.28. The summed E-state index contributed by atoms with van der Waals surface area (Å²) in [7, 11) is 1.65. The zero-order valence-corrected chi connectivity index (χ0v) is 14.4. The van der Waals surface area contributed by atoms with Gasteiger partial charge in [-0.15, -0.1) is 0 Å². The summed E-state index contributed by atoms with van der Waals surface area (Å²) < 4.78 is 5.33. The Hall–Kier alpha value is -2.04. The lowest BCUT2D eigenvalue weighted by Crippen LogP contribution is -2.52. The fourth-order valence-corrected chi connectivity index (χ4v) is 3.40. The molecule has 0 aromatic heterocycles. The molecule has 24 heavy (non-hydrogen) atoms. The number of benzene rings is 1. The molecule has 1 aliphatic heterocycles. The molecule has 0 bridgehead atoms. The van der Waals surface area contributed by atoms with Crippen LogP contribution in [0, 0.1) is 5.92 Å². The highest BCUT2D eigenvalue weighted by Gasteiger charge is 2.31. The summed E-state index contributed by atoms with van der Waals surface area (Å²) >= 11 is 0. The summed E-state index contributed by atoms with van der Waals surface area (Å²) in [5, 5.41) is 0. The zero-order chi connectivity index (χ0) is 16.9. The van der Waals surface area contributed by atoms with E-state index in [1.165, 1.54) is 6.42 Å². The first-order chi connectivity index (χ1) is 11.7. The third kappa shape index (κ3) is 3.71. The van der Waals surface area contributed by atoms with E-state index >= 15 is 0 Å². The molecular formula is C19H26N2O3. The van der Waals surface area contributed by atoms with Gasteiger partial charge in [0, 0.05) is 38.5 Å². The molecule has 1 saturated heterocycles. The Labute approximate surface area is 143 Å². The number of piperazine rings is 1. The average Bonchev–Trinajstić information content (AvgIpc) is 2.58. The third-order valence-corrected chi connectivity index (χ3v) is 5.20. The topological polar surface area (TPSA) is 49.9 Å². The molecule has 0 unspecified atom stereocenters. The smallest absolute Gasteiger partial charge is 0.225 e. The number of methoxy groups -OCH3 is 1. The van der Waals surface area contributed by atoms with Crippen LogP contribution in [0.25, 0.3) is 0 Å². The Morgan fingerprint density at radius 3 is 2.38 bits per heavy atom. The number of para-hydroxylation sites is 1. The summed E-state index contributed by atoms with van der Waals surface area (Å²) in [5.74, 6) is 1.54. The van der Waals surface area contributed by atoms with Gasteiger partial charge in [-0.2, -0.15) is 0 Å². The number of ether oxygens (including phenoxy) is 1. The van der Waals surface area contributed by atoms with Crippen molar-refractivity contribution in [1.82, 2.24) is 9.80 Å². The van der Waals surface area contributed by atoms with Gasteiger partial charge in [-0.3, -0.25) is 9.59 Å². The molecule has 0 N–H and O–H groups in total. The highest BCUT2D eigenvalue weighted by molar-refractivity contribution is 5.80. The van der Waals surface area contributed by atoms with E-state index in [0.717, 1.165) is 24.2 Å². The molecule has 1 aliphatic carbocycles. The Bertz CT molecular complexity index is 590. The van der Waals surface area contributed by atoms with E-state index in [1.54, 1.807) is 7.11 Å². The second-order valence-corrected chi connectivity index (χ2v) is 6.65. The SMILES string of the molecule is COc1ccccc1CCC(=O)N1CCN(C(=O)C2CCC2)CC1. The van der Waals surface area contributed by atoms with E-state index in [2.05, 4.69) is 0 Å². The van der Waals surface area contributed by atoms with Crippen molar-refractivity contribution >= 4 is 11.8 Å². The number of amides is 2. The molecule has 1 aromatic carbocycles. The second-order valence-electron chi connectivity index (χ2n) is 6.65. The van der Waals surface area contributed by atoms with E-state index in [0.29, 0.717) is 44.9 Å². The van der Waals surface area contributed by atoms with Crippen molar-refractivity contribution in [3.8, 4) is 5.75 Å². The van der Waals surface area contributed by atoms with Crippen LogP contribution in [0.4, 0.5) is 0 Å². The molecule has 2 amide bonds. The van der Waals surface area contributed by atoms with Crippen LogP contribution in [0.2, 0.25) is 0 Å². The number of rotatable bonds is 5. The summed E-state index contributed by atoms with van der Waals surface area (Å²) in [6.45, 7) is 2.66. The molecule has 0 radical (unpaired) electrons. The van der Waals surface area contributed by atoms with E-state index in [9.17, 15) is 9.59 Å². The van der Waals surface area contributed by atoms with Crippen LogP contribution in [0.1, 0.15) is 31.2 Å². The van der Waals surface area contributed by atoms with Crippen LogP contribution in [0.5, 0.6) is 5.75 Å². The zero-order valence-electron chi connectivity index (χ0n) is 14.4. The molecule has 130 valence electrons. The number of nitrogens with zero attached hydrogens (tertiary/aromatic N) is 2. The maximum absolute atomic E-state index is 12.4. The van der Waals surface area contributed by atoms with Crippen LogP contribution >= 0.6 is 0 Å². The molecule has 0 spiro atoms. The van der Waals surface area contributed by atoms with E-state index in [-0.39, 0.29) is 11.8 Å². The molecule has 0 atom stereocenters. The van der Waals surface area contributed by atoms with Crippen LogP contribution in [-0.2, 0) is 16.0 Å². The van der Waals surface area contributed by atoms with Crippen molar-refractivity contribution in [3.05, 3.63) is 29.8 Å². The summed E-state index contributed by atoms with van der Waals surface area (Å²) in [4.78, 5) is 28.5. The van der Waals surface area contributed by atoms with Crippen molar-refractivity contribution in [2.75, 3.05) is 33.3 Å². The normalized spacial score (nSPS) is 18.2. The maximum Gasteiger partial charge on any atom is 0.225 e. The lowest BCUT2D eigenvalue weighted by molar-refractivity contribution is -0.144. The molecule has 1 heterocycles. The average molecular weight is 330 g/mol. The van der Waals surface area contributed by atoms with E-state index < -0.39 is 0 Å². The molecule has 1 saturated carbocycles. The minimum absolute atomic E-state index is 0.164. The van der Waals surface area contributed by atoms with Gasteiger partial charge in [0.25, 0.3) is 0 Å². The lowest BCUT2D eigenvalue weighted by Gasteiger charge is -2.38. The number of carbonyl (C=O) groups is 2. The summed E-state index contributed by atoms with van der Waals surface area (Å²) in [6.07, 6.45) is 4.42. The molecule has 2 aliphatic rings. The van der Waals surface area contributed by atoms with E-state index in [1.807, 2.05) is 34.1 Å². The molecule has 5 nitrogen and oxygen atoms in total. The van der Waals surface area contributed by atoms with Crippen molar-refractivity contribution in [1.29, 1.82) is 0 Å². The van der Waals surface area contributed by atoms with Crippen LogP contribution < -0.4 is 4.74 Å². The molecule has 3 rings (SSSR count). The number of carbonyl (C=O) groups excluding carboxylic acids is 2. The molecule has 5 heteroatoms. The van der Waals surface area contributed by atoms with Gasteiger partial charge in [0.05, 0.1) is 7.11 Å². The van der Waals surface area contributed by atoms with Gasteiger partial charge < -0.3 is 14.5 Å². The Morgan fingerprint density at radius 1 is 1.08 bits per heavy atom. The minimum Gasteiger partial charge on any atom is -0.496 e. The Morgan fingerprint density at radius 2 is 1.75 bits per heavy atom. The fraction of sp³-hybridized carbons (Fsp3) is 0.579. The first-order valence-electron chi connectivity index (χ1n) is 8.87. The summed E-state index contributed by atoms with van der Waals surface area (Å²) in [5.41, 5.74) is 1.06. The second kappa shape index (κ2) is 7.69. The van der Waals surface area contributed by atoms with Crippen molar-refractivity contribution in [2.45, 2.75) is 32.1 Å². The molecule has 1 aromatic rings. The Balaban J connectivity index is 1.46. The van der Waals surface area contributed by atoms with Crippen LogP contribution in [0.3, 0.4) is 0 Å². The molecular weight excluding hydrogens is 304 g/mol. The van der Waals surface area contributed by atoms with Gasteiger partial charge in [-0.1, -0.05) is 24.6 Å². The minimum atomic E-state index is 0.164. The monoisotopic (exact) mass is 330 g/mol. The largest absolute Gasteiger partial charge is 0.496 e. The Kier molecular flexibility index (Phi) is 5.38.